The van der Waals surface area contributed by atoms with E-state index < -0.39 is 202 Å². The lowest BCUT2D eigenvalue weighted by atomic mass is 9.33. The van der Waals surface area contributed by atoms with Gasteiger partial charge in [-0.05, 0) is 117 Å². The zero-order valence-electron chi connectivity index (χ0n) is 50.9. The summed E-state index contributed by atoms with van der Waals surface area (Å²) in [5.74, 6) is -0.991. The lowest BCUT2D eigenvalue weighted by Gasteiger charge is -2.71. The molecule has 34 atom stereocenters. The molecule has 10 aliphatic rings. The van der Waals surface area contributed by atoms with E-state index in [2.05, 4.69) is 40.7 Å². The quantitative estimate of drug-likeness (QED) is 0.0463. The number of carbonyl (C=O) groups excluding carboxylic acids is 1. The summed E-state index contributed by atoms with van der Waals surface area (Å²) in [5, 5.41) is 174. The zero-order valence-corrected chi connectivity index (χ0v) is 50.9. The Morgan fingerprint density at radius 1 is 0.517 bits per heavy atom. The minimum atomic E-state index is -1.91. The fourth-order valence-electron chi connectivity index (χ4n) is 17.8. The number of carbonyl (C=O) groups is 1. The highest BCUT2D eigenvalue weighted by Gasteiger charge is 2.71. The summed E-state index contributed by atoms with van der Waals surface area (Å²) in [6, 6.07) is 0. The van der Waals surface area contributed by atoms with E-state index >= 15 is 4.79 Å². The van der Waals surface area contributed by atoms with E-state index in [9.17, 15) is 81.7 Å². The monoisotopic (exact) mass is 1250 g/mol. The van der Waals surface area contributed by atoms with Crippen molar-refractivity contribution in [1.82, 2.24) is 0 Å². The summed E-state index contributed by atoms with van der Waals surface area (Å²) in [6.45, 7) is 13.7. The van der Waals surface area contributed by atoms with Crippen LogP contribution < -0.4 is 0 Å². The molecule has 5 heterocycles. The third-order valence-corrected chi connectivity index (χ3v) is 23.6. The van der Waals surface area contributed by atoms with E-state index in [4.69, 9.17) is 47.4 Å². The van der Waals surface area contributed by atoms with E-state index in [1.165, 1.54) is 13.8 Å². The van der Waals surface area contributed by atoms with Gasteiger partial charge in [-0.2, -0.15) is 0 Å². The standard InChI is InChI=1S/C60H98O27/c1-24-34(64)38(68)43(73)50(79-24)85-47-29(21-62)82-49(46(76)42(47)72)78-22-30-37(67)40(70)45(75)52(83-30)87-54(77)60-17-15-55(3,4)19-27(60)26-9-10-32-56(5)13-12-33(57(6,23-63)31(56)11-14-59(32,8)58(26,7)16-18-60)84-53-48(41(71)36(66)28(20-61)81-53)86-51-44(74)39(69)35(65)25(2)80-51/h9,24-25,27-53,61-76H,10-23H2,1-8H3/t24-,25-,27-,28+,29+,30+,31+,32-,33-,34-,35-,36+,37+,38+,39+,40-,41-,42+,43+,44+,45+,46+,47+,48+,49+,50-,51-,52-,53-,56-,57-,58+,59+,60+/m0/s1. The third-order valence-electron chi connectivity index (χ3n) is 23.6. The normalized spacial score (nSPS) is 55.1. The molecule has 0 radical (unpaired) electrons. The molecule has 5 saturated heterocycles. The Balaban J connectivity index is 0.840. The molecule has 16 N–H and O–H groups in total. The first-order chi connectivity index (χ1) is 40.8. The van der Waals surface area contributed by atoms with Crippen LogP contribution in [0.3, 0.4) is 0 Å². The second-order valence-electron chi connectivity index (χ2n) is 28.9. The average Bonchev–Trinajstić information content (AvgIpc) is 0.695. The number of rotatable bonds is 14. The minimum absolute atomic E-state index is 0.0808. The van der Waals surface area contributed by atoms with Crippen molar-refractivity contribution in [1.29, 1.82) is 0 Å². The van der Waals surface area contributed by atoms with Crippen LogP contribution >= 0.6 is 0 Å². The van der Waals surface area contributed by atoms with Crippen molar-refractivity contribution < 1.29 is 134 Å². The largest absolute Gasteiger partial charge is 0.432 e. The summed E-state index contributed by atoms with van der Waals surface area (Å²) >= 11 is 0. The van der Waals surface area contributed by atoms with Gasteiger partial charge >= 0.3 is 5.97 Å². The van der Waals surface area contributed by atoms with Crippen molar-refractivity contribution in [2.24, 2.45) is 50.2 Å². The molecule has 0 bridgehead atoms. The van der Waals surface area contributed by atoms with E-state index in [-0.39, 0.29) is 40.6 Å². The highest BCUT2D eigenvalue weighted by molar-refractivity contribution is 5.79. The molecule has 500 valence electrons. The van der Waals surface area contributed by atoms with E-state index in [0.717, 1.165) is 12.0 Å². The van der Waals surface area contributed by atoms with Gasteiger partial charge in [0.2, 0.25) is 6.29 Å². The molecule has 4 saturated carbocycles. The third kappa shape index (κ3) is 11.4. The van der Waals surface area contributed by atoms with Crippen LogP contribution in [0.5, 0.6) is 0 Å². The Labute approximate surface area is 506 Å². The number of ether oxygens (including phenoxy) is 10. The summed E-state index contributed by atoms with van der Waals surface area (Å²) in [7, 11) is 0. The Morgan fingerprint density at radius 3 is 1.66 bits per heavy atom. The van der Waals surface area contributed by atoms with Gasteiger partial charge in [0.1, 0.15) is 110 Å². The molecule has 10 rings (SSSR count). The van der Waals surface area contributed by atoms with Gasteiger partial charge < -0.3 is 129 Å². The Kier molecular flexibility index (Phi) is 19.7. The van der Waals surface area contributed by atoms with E-state index in [1.54, 1.807) is 0 Å². The molecule has 87 heavy (non-hydrogen) atoms. The fraction of sp³-hybridized carbons (Fsp3) is 0.950. The summed E-state index contributed by atoms with van der Waals surface area (Å²) in [5.41, 5.74) is -2.17. The molecule has 5 aliphatic heterocycles. The average molecular weight is 1250 g/mol. The van der Waals surface area contributed by atoms with Crippen molar-refractivity contribution in [3.05, 3.63) is 11.6 Å². The Bertz CT molecular complexity index is 2420. The second-order valence-corrected chi connectivity index (χ2v) is 28.9. The van der Waals surface area contributed by atoms with Crippen molar-refractivity contribution in [2.45, 2.75) is 279 Å². The second kappa shape index (κ2) is 25.2. The van der Waals surface area contributed by atoms with Gasteiger partial charge in [0.25, 0.3) is 0 Å². The molecule has 0 spiro atoms. The Hall–Kier alpha value is -1.79. The summed E-state index contributed by atoms with van der Waals surface area (Å²) < 4.78 is 59.6. The van der Waals surface area contributed by atoms with Crippen LogP contribution in [-0.4, -0.2) is 274 Å². The molecule has 0 amide bonds. The van der Waals surface area contributed by atoms with Crippen molar-refractivity contribution in [2.75, 3.05) is 26.4 Å². The first-order valence-corrected chi connectivity index (χ1v) is 31.2. The van der Waals surface area contributed by atoms with Crippen LogP contribution in [0.25, 0.3) is 0 Å². The molecule has 27 nitrogen and oxygen atoms in total. The van der Waals surface area contributed by atoms with Gasteiger partial charge in [0.05, 0.1) is 50.2 Å². The number of aliphatic hydroxyl groups is 16. The zero-order chi connectivity index (χ0) is 63.6. The SMILES string of the molecule is C[C@@H]1O[C@@H](O[C@H]2[C@H](O[C@H]3CC[C@@]4(C)[C@@H](CC[C@]5(C)[C@H]4CC=C4[C@@H]6CC(C)(C)CC[C@@]6(C(=O)O[C@@H]6O[C@H](CO[C@@H]7O[C@H](CO)[C@@H](O[C@@H]8O[C@@H](C)[C@H](O)[C@@H](O)[C@H]8O)[C@H](O)[C@H]7O)[C@@H](O)[C@H](O)[C@H]6O)CC[C@]45C)[C@]3(C)CO)O[C@H](CO)[C@@H](O)[C@@H]2O)[C@H](O)[C@H](O)[C@H]1O. The molecule has 9 fully saturated rings. The van der Waals surface area contributed by atoms with Crippen molar-refractivity contribution in [3.8, 4) is 0 Å². The highest BCUT2D eigenvalue weighted by Crippen LogP contribution is 2.76. The van der Waals surface area contributed by atoms with Crippen LogP contribution in [-0.2, 0) is 52.2 Å². The molecular formula is C60H98O27. The van der Waals surface area contributed by atoms with Gasteiger partial charge in [-0.15, -0.1) is 0 Å². The van der Waals surface area contributed by atoms with Gasteiger partial charge in [0, 0.05) is 5.41 Å². The van der Waals surface area contributed by atoms with Gasteiger partial charge in [-0.1, -0.05) is 53.2 Å². The topological polar surface area (TPSA) is 433 Å². The molecule has 0 aromatic heterocycles. The minimum Gasteiger partial charge on any atom is -0.432 e. The molecule has 0 aromatic carbocycles. The molecule has 27 heteroatoms. The maximum atomic E-state index is 15.3. The summed E-state index contributed by atoms with van der Waals surface area (Å²) in [6.07, 6.45) is -32.4. The lowest BCUT2D eigenvalue weighted by Crippen LogP contribution is -2.67. The van der Waals surface area contributed by atoms with E-state index in [0.29, 0.717) is 57.8 Å². The number of aliphatic hydroxyl groups excluding tert-OH is 16. The van der Waals surface area contributed by atoms with Gasteiger partial charge in [0.15, 0.2) is 25.2 Å². The van der Waals surface area contributed by atoms with Gasteiger partial charge in [-0.25, -0.2) is 0 Å². The maximum Gasteiger partial charge on any atom is 0.315 e. The van der Waals surface area contributed by atoms with Crippen LogP contribution in [0.1, 0.15) is 120 Å². The van der Waals surface area contributed by atoms with Crippen LogP contribution in [0, 0.1) is 50.2 Å². The van der Waals surface area contributed by atoms with E-state index in [1.807, 2.05) is 6.92 Å². The van der Waals surface area contributed by atoms with Crippen LogP contribution in [0.2, 0.25) is 0 Å². The van der Waals surface area contributed by atoms with Crippen molar-refractivity contribution >= 4 is 5.97 Å². The van der Waals surface area contributed by atoms with Crippen molar-refractivity contribution in [3.63, 3.8) is 0 Å². The predicted octanol–water partition coefficient (Wildman–Crippen LogP) is -3.18. The smallest absolute Gasteiger partial charge is 0.315 e. The fourth-order valence-corrected chi connectivity index (χ4v) is 17.8. The Morgan fingerprint density at radius 2 is 1.05 bits per heavy atom. The summed E-state index contributed by atoms with van der Waals surface area (Å²) in [4.78, 5) is 15.3. The number of allylic oxidation sites excluding steroid dienone is 2. The first kappa shape index (κ1) is 68.1. The van der Waals surface area contributed by atoms with Crippen LogP contribution in [0.15, 0.2) is 11.6 Å². The number of hydrogen-bond acceptors (Lipinski definition) is 27. The molecular weight excluding hydrogens is 1150 g/mol. The highest BCUT2D eigenvalue weighted by atomic mass is 16.8. The molecule has 5 aliphatic carbocycles. The molecule has 0 aromatic rings. The maximum absolute atomic E-state index is 15.3. The number of hydrogen-bond donors (Lipinski definition) is 16. The van der Waals surface area contributed by atoms with Gasteiger partial charge in [-0.3, -0.25) is 4.79 Å². The molecule has 0 unspecified atom stereocenters. The first-order valence-electron chi connectivity index (χ1n) is 31.2. The predicted molar refractivity (Wildman–Crippen MR) is 294 cm³/mol. The van der Waals surface area contributed by atoms with Crippen LogP contribution in [0.4, 0.5) is 0 Å². The number of esters is 1. The number of fused-ring (bicyclic) bond motifs is 7. The lowest BCUT2D eigenvalue weighted by molar-refractivity contribution is -0.377.